The molecule has 3 rings (SSSR count). The number of aromatic nitrogens is 2. The highest BCUT2D eigenvalue weighted by Gasteiger charge is 2.30. The van der Waals surface area contributed by atoms with Gasteiger partial charge in [0.15, 0.2) is 0 Å². The van der Waals surface area contributed by atoms with Crippen molar-refractivity contribution in [3.05, 3.63) is 47.0 Å². The van der Waals surface area contributed by atoms with E-state index in [-0.39, 0.29) is 5.82 Å². The molecule has 1 aromatic heterocycles. The molecule has 1 aliphatic carbocycles. The molecule has 124 valence electrons. The fourth-order valence-electron chi connectivity index (χ4n) is 3.39. The zero-order chi connectivity index (χ0) is 16.4. The van der Waals surface area contributed by atoms with E-state index in [1.54, 1.807) is 12.1 Å². The van der Waals surface area contributed by atoms with Crippen molar-refractivity contribution in [2.75, 3.05) is 6.54 Å². The molecule has 0 saturated heterocycles. The predicted octanol–water partition coefficient (Wildman–Crippen LogP) is 3.02. The van der Waals surface area contributed by atoms with Crippen molar-refractivity contribution in [2.24, 2.45) is 0 Å². The van der Waals surface area contributed by atoms with Crippen LogP contribution in [0.2, 0.25) is 0 Å². The quantitative estimate of drug-likeness (QED) is 0.891. The van der Waals surface area contributed by atoms with Crippen LogP contribution in [0, 0.1) is 19.7 Å². The molecule has 23 heavy (non-hydrogen) atoms. The van der Waals surface area contributed by atoms with Gasteiger partial charge < -0.3 is 10.4 Å². The predicted molar refractivity (Wildman–Crippen MR) is 88.1 cm³/mol. The summed E-state index contributed by atoms with van der Waals surface area (Å²) in [5, 5.41) is 18.3. The molecular weight excluding hydrogens is 293 g/mol. The summed E-state index contributed by atoms with van der Waals surface area (Å²) < 4.78 is 14.9. The SMILES string of the molecule is Cc1nn(-c2ccc(F)cc2)c(C)c1CNCC1(O)CCCC1. The van der Waals surface area contributed by atoms with E-state index >= 15 is 0 Å². The van der Waals surface area contributed by atoms with Crippen molar-refractivity contribution in [1.82, 2.24) is 15.1 Å². The Balaban J connectivity index is 1.72. The highest BCUT2D eigenvalue weighted by Crippen LogP contribution is 2.28. The summed E-state index contributed by atoms with van der Waals surface area (Å²) in [5.74, 6) is -0.248. The van der Waals surface area contributed by atoms with Crippen LogP contribution < -0.4 is 5.32 Å². The van der Waals surface area contributed by atoms with Crippen LogP contribution in [0.4, 0.5) is 4.39 Å². The molecule has 1 heterocycles. The lowest BCUT2D eigenvalue weighted by atomic mass is 10.0. The van der Waals surface area contributed by atoms with Crippen molar-refractivity contribution in [3.63, 3.8) is 0 Å². The van der Waals surface area contributed by atoms with Gasteiger partial charge in [0.2, 0.25) is 0 Å². The average molecular weight is 317 g/mol. The minimum Gasteiger partial charge on any atom is -0.389 e. The van der Waals surface area contributed by atoms with E-state index in [0.717, 1.165) is 48.3 Å². The summed E-state index contributed by atoms with van der Waals surface area (Å²) in [7, 11) is 0. The maximum absolute atomic E-state index is 13.1. The standard InChI is InChI=1S/C18H24FN3O/c1-13-17(11-20-12-18(23)9-3-4-10-18)14(2)22(21-13)16-7-5-15(19)6-8-16/h5-8,20,23H,3-4,9-12H2,1-2H3. The molecule has 0 unspecified atom stereocenters. The van der Waals surface area contributed by atoms with E-state index in [4.69, 9.17) is 0 Å². The zero-order valence-electron chi connectivity index (χ0n) is 13.8. The van der Waals surface area contributed by atoms with E-state index in [2.05, 4.69) is 10.4 Å². The van der Waals surface area contributed by atoms with Gasteiger partial charge in [0.05, 0.1) is 17.0 Å². The Morgan fingerprint density at radius 2 is 1.87 bits per heavy atom. The van der Waals surface area contributed by atoms with Crippen LogP contribution in [0.1, 0.15) is 42.6 Å². The summed E-state index contributed by atoms with van der Waals surface area (Å²) in [6, 6.07) is 6.35. The van der Waals surface area contributed by atoms with Gasteiger partial charge in [-0.3, -0.25) is 0 Å². The topological polar surface area (TPSA) is 50.1 Å². The minimum atomic E-state index is -0.547. The Kier molecular flexibility index (Phi) is 4.50. The van der Waals surface area contributed by atoms with Gasteiger partial charge >= 0.3 is 0 Å². The molecule has 1 aromatic carbocycles. The summed E-state index contributed by atoms with van der Waals surface area (Å²) in [4.78, 5) is 0. The van der Waals surface area contributed by atoms with Gasteiger partial charge in [-0.15, -0.1) is 0 Å². The molecular formula is C18H24FN3O. The van der Waals surface area contributed by atoms with Crippen molar-refractivity contribution in [2.45, 2.75) is 51.7 Å². The summed E-state index contributed by atoms with van der Waals surface area (Å²) >= 11 is 0. The highest BCUT2D eigenvalue weighted by molar-refractivity contribution is 5.37. The number of nitrogens with one attached hydrogen (secondary N) is 1. The third kappa shape index (κ3) is 3.46. The van der Waals surface area contributed by atoms with E-state index in [9.17, 15) is 9.50 Å². The zero-order valence-corrected chi connectivity index (χ0v) is 13.8. The number of rotatable bonds is 5. The first kappa shape index (κ1) is 16.1. The Labute approximate surface area is 136 Å². The lowest BCUT2D eigenvalue weighted by Gasteiger charge is -2.22. The highest BCUT2D eigenvalue weighted by atomic mass is 19.1. The van der Waals surface area contributed by atoms with E-state index in [1.807, 2.05) is 18.5 Å². The monoisotopic (exact) mass is 317 g/mol. The van der Waals surface area contributed by atoms with Gasteiger partial charge in [-0.05, 0) is 51.0 Å². The number of aryl methyl sites for hydroxylation is 1. The fraction of sp³-hybridized carbons (Fsp3) is 0.500. The molecule has 0 spiro atoms. The van der Waals surface area contributed by atoms with Gasteiger partial charge in [-0.1, -0.05) is 12.8 Å². The van der Waals surface area contributed by atoms with Crippen LogP contribution in [-0.4, -0.2) is 27.0 Å². The largest absolute Gasteiger partial charge is 0.389 e. The molecule has 0 bridgehead atoms. The minimum absolute atomic E-state index is 0.248. The normalized spacial score (nSPS) is 16.9. The van der Waals surface area contributed by atoms with Gasteiger partial charge in [-0.25, -0.2) is 9.07 Å². The van der Waals surface area contributed by atoms with E-state index < -0.39 is 5.60 Å². The summed E-state index contributed by atoms with van der Waals surface area (Å²) in [6.45, 7) is 5.30. The first-order valence-electron chi connectivity index (χ1n) is 8.23. The summed E-state index contributed by atoms with van der Waals surface area (Å²) in [6.07, 6.45) is 3.98. The second kappa shape index (κ2) is 6.42. The number of hydrogen-bond acceptors (Lipinski definition) is 3. The number of nitrogens with zero attached hydrogens (tertiary/aromatic N) is 2. The molecule has 1 saturated carbocycles. The smallest absolute Gasteiger partial charge is 0.123 e. The molecule has 0 radical (unpaired) electrons. The number of hydrogen-bond donors (Lipinski definition) is 2. The van der Waals surface area contributed by atoms with Gasteiger partial charge in [0.25, 0.3) is 0 Å². The number of aliphatic hydroxyl groups is 1. The first-order chi connectivity index (χ1) is 11.0. The maximum Gasteiger partial charge on any atom is 0.123 e. The molecule has 2 N–H and O–H groups in total. The third-order valence-electron chi connectivity index (χ3n) is 4.80. The Morgan fingerprint density at radius 1 is 1.22 bits per heavy atom. The van der Waals surface area contributed by atoms with Gasteiger partial charge in [0, 0.05) is 24.3 Å². The van der Waals surface area contributed by atoms with Crippen molar-refractivity contribution < 1.29 is 9.50 Å². The Bertz CT molecular complexity index is 672. The molecule has 2 aromatic rings. The lowest BCUT2D eigenvalue weighted by Crippen LogP contribution is -2.37. The van der Waals surface area contributed by atoms with E-state index in [1.165, 1.54) is 12.1 Å². The molecule has 0 aliphatic heterocycles. The third-order valence-corrected chi connectivity index (χ3v) is 4.80. The molecule has 1 fully saturated rings. The molecule has 4 nitrogen and oxygen atoms in total. The van der Waals surface area contributed by atoms with Crippen LogP contribution >= 0.6 is 0 Å². The molecule has 0 atom stereocenters. The van der Waals surface area contributed by atoms with Crippen molar-refractivity contribution in [3.8, 4) is 5.69 Å². The Hall–Kier alpha value is -1.72. The van der Waals surface area contributed by atoms with Crippen LogP contribution in [0.5, 0.6) is 0 Å². The molecule has 5 heteroatoms. The first-order valence-corrected chi connectivity index (χ1v) is 8.23. The van der Waals surface area contributed by atoms with Gasteiger partial charge in [-0.2, -0.15) is 5.10 Å². The average Bonchev–Trinajstić information content (AvgIpc) is 3.07. The number of benzene rings is 1. The number of halogens is 1. The molecule has 0 amide bonds. The fourth-order valence-corrected chi connectivity index (χ4v) is 3.39. The van der Waals surface area contributed by atoms with Gasteiger partial charge in [0.1, 0.15) is 5.82 Å². The summed E-state index contributed by atoms with van der Waals surface area (Å²) in [5.41, 5.74) is 3.44. The van der Waals surface area contributed by atoms with Crippen molar-refractivity contribution in [1.29, 1.82) is 0 Å². The van der Waals surface area contributed by atoms with Crippen molar-refractivity contribution >= 4 is 0 Å². The van der Waals surface area contributed by atoms with E-state index in [0.29, 0.717) is 13.1 Å². The maximum atomic E-state index is 13.1. The second-order valence-electron chi connectivity index (χ2n) is 6.57. The van der Waals surface area contributed by atoms with Crippen LogP contribution in [0.15, 0.2) is 24.3 Å². The van der Waals surface area contributed by atoms with Crippen LogP contribution in [0.25, 0.3) is 5.69 Å². The Morgan fingerprint density at radius 3 is 2.52 bits per heavy atom. The molecule has 1 aliphatic rings. The van der Waals surface area contributed by atoms with Crippen LogP contribution in [-0.2, 0) is 6.54 Å². The lowest BCUT2D eigenvalue weighted by molar-refractivity contribution is 0.0474. The second-order valence-corrected chi connectivity index (χ2v) is 6.57. The van der Waals surface area contributed by atoms with Crippen LogP contribution in [0.3, 0.4) is 0 Å².